The van der Waals surface area contributed by atoms with Crippen LogP contribution in [-0.4, -0.2) is 66.2 Å². The number of ether oxygens (including phenoxy) is 1. The van der Waals surface area contributed by atoms with Gasteiger partial charge in [0.1, 0.15) is 18.2 Å². The van der Waals surface area contributed by atoms with Crippen molar-refractivity contribution >= 4 is 34.6 Å². The third-order valence-corrected chi connectivity index (χ3v) is 4.96. The molecule has 0 atom stereocenters. The lowest BCUT2D eigenvalue weighted by molar-refractivity contribution is 0.0995. The molecule has 0 fully saturated rings. The van der Waals surface area contributed by atoms with Crippen molar-refractivity contribution < 1.29 is 23.1 Å². The molecule has 2 N–H and O–H groups in total. The first-order valence-electron chi connectivity index (χ1n) is 9.98. The van der Waals surface area contributed by atoms with Crippen molar-refractivity contribution in [1.29, 1.82) is 0 Å². The first-order valence-corrected chi connectivity index (χ1v) is 9.98. The number of halogens is 2. The second-order valence-corrected chi connectivity index (χ2v) is 7.60. The Kier molecular flexibility index (Phi) is 5.95. The van der Waals surface area contributed by atoms with E-state index in [1.807, 2.05) is 19.0 Å². The number of ketones is 1. The summed E-state index contributed by atoms with van der Waals surface area (Å²) < 4.78 is 33.8. The van der Waals surface area contributed by atoms with E-state index < -0.39 is 23.5 Å². The number of aromatic nitrogens is 2. The fourth-order valence-corrected chi connectivity index (χ4v) is 3.50. The molecule has 0 saturated carbocycles. The van der Waals surface area contributed by atoms with Gasteiger partial charge in [-0.1, -0.05) is 6.07 Å². The van der Waals surface area contributed by atoms with E-state index in [4.69, 9.17) is 4.74 Å². The molecule has 1 amide bonds. The van der Waals surface area contributed by atoms with Gasteiger partial charge in [-0.2, -0.15) is 0 Å². The molecule has 166 valence electrons. The molecule has 0 aliphatic carbocycles. The first-order chi connectivity index (χ1) is 15.3. The molecule has 0 unspecified atom stereocenters. The molecule has 0 saturated heterocycles. The van der Waals surface area contributed by atoms with Crippen LogP contribution >= 0.6 is 0 Å². The number of imidazole rings is 1. The summed E-state index contributed by atoms with van der Waals surface area (Å²) in [4.78, 5) is 37.4. The molecule has 3 aromatic rings. The SMILES string of the molecule is CN(C)CCCOC(=O)Nc1nc2ccc(C3=NCC(=O)c4c(F)ccc(F)c43)cc2[nH]1. The maximum absolute atomic E-state index is 14.5. The minimum atomic E-state index is -0.781. The average Bonchev–Trinajstić information content (AvgIpc) is 3.15. The van der Waals surface area contributed by atoms with E-state index in [1.54, 1.807) is 18.2 Å². The molecule has 2 heterocycles. The third-order valence-electron chi connectivity index (χ3n) is 4.96. The number of hydrogen-bond acceptors (Lipinski definition) is 6. The van der Waals surface area contributed by atoms with E-state index in [0.717, 1.165) is 18.7 Å². The number of carbonyl (C=O) groups excluding carboxylic acids is 2. The lowest BCUT2D eigenvalue weighted by Crippen LogP contribution is -2.23. The van der Waals surface area contributed by atoms with E-state index in [9.17, 15) is 18.4 Å². The van der Waals surface area contributed by atoms with Crippen LogP contribution in [-0.2, 0) is 4.74 Å². The molecule has 8 nitrogen and oxygen atoms in total. The molecule has 32 heavy (non-hydrogen) atoms. The molecule has 1 aliphatic rings. The fraction of sp³-hybridized carbons (Fsp3) is 0.273. The van der Waals surface area contributed by atoms with Gasteiger partial charge in [-0.05, 0) is 44.8 Å². The molecule has 0 radical (unpaired) electrons. The Morgan fingerprint density at radius 1 is 1.19 bits per heavy atom. The predicted octanol–water partition coefficient (Wildman–Crippen LogP) is 3.38. The lowest BCUT2D eigenvalue weighted by Gasteiger charge is -2.17. The third kappa shape index (κ3) is 4.35. The lowest BCUT2D eigenvalue weighted by atomic mass is 9.91. The van der Waals surface area contributed by atoms with Gasteiger partial charge in [0.2, 0.25) is 5.95 Å². The maximum atomic E-state index is 14.5. The normalized spacial score (nSPS) is 13.3. The number of nitrogens with one attached hydrogen (secondary N) is 2. The Hall–Kier alpha value is -3.66. The number of Topliss-reactive ketones (excluding diaryl/α,β-unsaturated/α-hetero) is 1. The highest BCUT2D eigenvalue weighted by atomic mass is 19.1. The van der Waals surface area contributed by atoms with Crippen molar-refractivity contribution in [3.8, 4) is 0 Å². The zero-order valence-electron chi connectivity index (χ0n) is 17.5. The van der Waals surface area contributed by atoms with Crippen LogP contribution in [0.2, 0.25) is 0 Å². The highest BCUT2D eigenvalue weighted by Gasteiger charge is 2.28. The molecule has 0 spiro atoms. The summed E-state index contributed by atoms with van der Waals surface area (Å²) in [5.41, 5.74) is 1.31. The minimum Gasteiger partial charge on any atom is -0.449 e. The second kappa shape index (κ2) is 8.83. The highest BCUT2D eigenvalue weighted by Crippen LogP contribution is 2.27. The first kappa shape index (κ1) is 21.6. The standard InChI is InChI=1S/C22H21F2N5O3/c1-29(2)8-3-9-32-22(31)28-21-26-15-7-4-12(10-16(15)27-21)20-19-14(24)6-5-13(23)18(19)17(30)11-25-20/h4-7,10H,3,8-9,11H2,1-2H3,(H2,26,27,28,31). The van der Waals surface area contributed by atoms with Crippen LogP contribution in [0, 0.1) is 11.6 Å². The van der Waals surface area contributed by atoms with Gasteiger partial charge in [0.15, 0.2) is 5.78 Å². The van der Waals surface area contributed by atoms with Gasteiger partial charge in [-0.3, -0.25) is 15.1 Å². The quantitative estimate of drug-likeness (QED) is 0.572. The smallest absolute Gasteiger partial charge is 0.413 e. The fourth-order valence-electron chi connectivity index (χ4n) is 3.50. The number of amides is 1. The molecule has 10 heteroatoms. The Labute approximate surface area is 182 Å². The number of anilines is 1. The molecule has 1 aromatic heterocycles. The maximum Gasteiger partial charge on any atom is 0.413 e. The number of fused-ring (bicyclic) bond motifs is 2. The van der Waals surface area contributed by atoms with Crippen molar-refractivity contribution in [2.24, 2.45) is 4.99 Å². The van der Waals surface area contributed by atoms with E-state index >= 15 is 0 Å². The van der Waals surface area contributed by atoms with Crippen LogP contribution in [0.1, 0.15) is 27.9 Å². The molecule has 1 aliphatic heterocycles. The molecule has 2 aromatic carbocycles. The number of aliphatic imine (C=N–C) groups is 1. The van der Waals surface area contributed by atoms with Gasteiger partial charge in [0.25, 0.3) is 0 Å². The van der Waals surface area contributed by atoms with E-state index in [0.29, 0.717) is 23.0 Å². The molecule has 0 bridgehead atoms. The highest BCUT2D eigenvalue weighted by molar-refractivity contribution is 6.22. The Morgan fingerprint density at radius 2 is 1.94 bits per heavy atom. The number of H-pyrrole nitrogens is 1. The van der Waals surface area contributed by atoms with Gasteiger partial charge in [-0.25, -0.2) is 18.6 Å². The van der Waals surface area contributed by atoms with Crippen molar-refractivity contribution in [2.75, 3.05) is 39.1 Å². The number of aromatic amines is 1. The number of carbonyl (C=O) groups is 2. The Balaban J connectivity index is 1.55. The van der Waals surface area contributed by atoms with E-state index in [-0.39, 0.29) is 35.9 Å². The van der Waals surface area contributed by atoms with Crippen LogP contribution in [0.5, 0.6) is 0 Å². The summed E-state index contributed by atoms with van der Waals surface area (Å²) in [6, 6.07) is 6.87. The second-order valence-electron chi connectivity index (χ2n) is 7.60. The summed E-state index contributed by atoms with van der Waals surface area (Å²) in [6.07, 6.45) is 0.0670. The molecular weight excluding hydrogens is 420 g/mol. The monoisotopic (exact) mass is 441 g/mol. The van der Waals surface area contributed by atoms with Crippen molar-refractivity contribution in [2.45, 2.75) is 6.42 Å². The topological polar surface area (TPSA) is 99.7 Å². The number of rotatable bonds is 6. The molecular formula is C22H21F2N5O3. The van der Waals surface area contributed by atoms with Gasteiger partial charge in [0, 0.05) is 17.7 Å². The van der Waals surface area contributed by atoms with Crippen LogP contribution in [0.3, 0.4) is 0 Å². The number of nitrogens with zero attached hydrogens (tertiary/aromatic N) is 3. The summed E-state index contributed by atoms with van der Waals surface area (Å²) in [7, 11) is 3.87. The Bertz CT molecular complexity index is 1240. The van der Waals surface area contributed by atoms with Crippen molar-refractivity contribution in [3.05, 3.63) is 58.7 Å². The van der Waals surface area contributed by atoms with Crippen LogP contribution in [0.4, 0.5) is 19.5 Å². The van der Waals surface area contributed by atoms with Gasteiger partial charge in [-0.15, -0.1) is 0 Å². The van der Waals surface area contributed by atoms with E-state index in [1.165, 1.54) is 0 Å². The number of hydrogen-bond donors (Lipinski definition) is 2. The van der Waals surface area contributed by atoms with Gasteiger partial charge >= 0.3 is 6.09 Å². The van der Waals surface area contributed by atoms with Gasteiger partial charge in [0.05, 0.1) is 28.9 Å². The zero-order valence-corrected chi connectivity index (χ0v) is 17.5. The predicted molar refractivity (Wildman–Crippen MR) is 115 cm³/mol. The summed E-state index contributed by atoms with van der Waals surface area (Å²) in [6.45, 7) is 0.800. The summed E-state index contributed by atoms with van der Waals surface area (Å²) in [5.74, 6) is -1.89. The van der Waals surface area contributed by atoms with Crippen LogP contribution in [0.15, 0.2) is 35.3 Å². The minimum absolute atomic E-state index is 0.153. The van der Waals surface area contributed by atoms with E-state index in [2.05, 4.69) is 20.3 Å². The average molecular weight is 441 g/mol. The number of benzene rings is 2. The largest absolute Gasteiger partial charge is 0.449 e. The van der Waals surface area contributed by atoms with Crippen molar-refractivity contribution in [1.82, 2.24) is 14.9 Å². The molecule has 4 rings (SSSR count). The van der Waals surface area contributed by atoms with Crippen LogP contribution < -0.4 is 5.32 Å². The van der Waals surface area contributed by atoms with Gasteiger partial charge < -0.3 is 14.6 Å². The Morgan fingerprint density at radius 3 is 2.69 bits per heavy atom. The summed E-state index contributed by atoms with van der Waals surface area (Å²) in [5, 5.41) is 2.53. The summed E-state index contributed by atoms with van der Waals surface area (Å²) >= 11 is 0. The van der Waals surface area contributed by atoms with Crippen molar-refractivity contribution in [3.63, 3.8) is 0 Å². The zero-order chi connectivity index (χ0) is 22.8. The van der Waals surface area contributed by atoms with Crippen LogP contribution in [0.25, 0.3) is 11.0 Å².